The van der Waals surface area contributed by atoms with Crippen molar-refractivity contribution in [3.05, 3.63) is 41.5 Å². The highest BCUT2D eigenvalue weighted by atomic mass is 32.2. The van der Waals surface area contributed by atoms with Crippen molar-refractivity contribution in [2.24, 2.45) is 0 Å². The van der Waals surface area contributed by atoms with Gasteiger partial charge < -0.3 is 5.11 Å². The molecule has 0 aliphatic carbocycles. The first-order chi connectivity index (χ1) is 6.72. The highest BCUT2D eigenvalue weighted by Crippen LogP contribution is 2.11. The normalized spacial score (nSPS) is 10.6. The molecule has 0 fully saturated rings. The van der Waals surface area contributed by atoms with Crippen molar-refractivity contribution >= 4 is 23.8 Å². The van der Waals surface area contributed by atoms with E-state index in [1.165, 1.54) is 5.56 Å². The fourth-order valence-corrected chi connectivity index (χ4v) is 1.58. The van der Waals surface area contributed by atoms with Crippen molar-refractivity contribution < 1.29 is 9.90 Å². The van der Waals surface area contributed by atoms with Crippen LogP contribution in [0.4, 0.5) is 0 Å². The summed E-state index contributed by atoms with van der Waals surface area (Å²) >= 11 is 1.77. The zero-order valence-corrected chi connectivity index (χ0v) is 8.75. The summed E-state index contributed by atoms with van der Waals surface area (Å²) in [7, 11) is 0. The van der Waals surface area contributed by atoms with E-state index in [9.17, 15) is 4.79 Å². The zero-order chi connectivity index (χ0) is 10.4. The maximum atomic E-state index is 10.3. The average molecular weight is 208 g/mol. The van der Waals surface area contributed by atoms with E-state index in [1.807, 2.05) is 24.3 Å². The van der Waals surface area contributed by atoms with Gasteiger partial charge in [0.2, 0.25) is 0 Å². The highest BCUT2D eigenvalue weighted by Gasteiger charge is 1.92. The van der Waals surface area contributed by atoms with E-state index in [-0.39, 0.29) is 0 Å². The summed E-state index contributed by atoms with van der Waals surface area (Å²) in [5.74, 6) is 0.0707. The second-order valence-corrected chi connectivity index (χ2v) is 3.71. The SMILES string of the molecule is CSCc1ccc(C=CC(=O)O)cc1. The molecule has 0 saturated heterocycles. The Morgan fingerprint density at radius 1 is 1.43 bits per heavy atom. The molecule has 0 bridgehead atoms. The maximum Gasteiger partial charge on any atom is 0.328 e. The van der Waals surface area contributed by atoms with Gasteiger partial charge in [-0.3, -0.25) is 0 Å². The summed E-state index contributed by atoms with van der Waals surface area (Å²) in [5.41, 5.74) is 2.17. The summed E-state index contributed by atoms with van der Waals surface area (Å²) in [6.07, 6.45) is 4.78. The molecule has 0 radical (unpaired) electrons. The summed E-state index contributed by atoms with van der Waals surface area (Å²) in [6.45, 7) is 0. The van der Waals surface area contributed by atoms with E-state index >= 15 is 0 Å². The number of carboxylic acid groups (broad SMARTS) is 1. The first kappa shape index (κ1) is 10.9. The minimum atomic E-state index is -0.918. The molecule has 1 aromatic carbocycles. The number of thioether (sulfide) groups is 1. The minimum Gasteiger partial charge on any atom is -0.478 e. The van der Waals surface area contributed by atoms with Crippen LogP contribution in [0.15, 0.2) is 30.3 Å². The van der Waals surface area contributed by atoms with Gasteiger partial charge in [-0.05, 0) is 23.5 Å². The molecule has 0 spiro atoms. The molecule has 0 aromatic heterocycles. The van der Waals surface area contributed by atoms with Crippen LogP contribution >= 0.6 is 11.8 Å². The lowest BCUT2D eigenvalue weighted by atomic mass is 10.1. The second kappa shape index (κ2) is 5.50. The predicted molar refractivity (Wildman–Crippen MR) is 60.3 cm³/mol. The first-order valence-electron chi connectivity index (χ1n) is 4.21. The van der Waals surface area contributed by atoms with Gasteiger partial charge in [0, 0.05) is 11.8 Å². The molecule has 1 aromatic rings. The highest BCUT2D eigenvalue weighted by molar-refractivity contribution is 7.97. The largest absolute Gasteiger partial charge is 0.478 e. The minimum absolute atomic E-state index is 0.914. The zero-order valence-electron chi connectivity index (χ0n) is 7.93. The smallest absolute Gasteiger partial charge is 0.328 e. The van der Waals surface area contributed by atoms with E-state index in [4.69, 9.17) is 5.11 Å². The Bertz CT molecular complexity index is 328. The van der Waals surface area contributed by atoms with E-state index in [2.05, 4.69) is 6.26 Å². The maximum absolute atomic E-state index is 10.3. The topological polar surface area (TPSA) is 37.3 Å². The third-order valence-electron chi connectivity index (χ3n) is 1.71. The van der Waals surface area contributed by atoms with Crippen molar-refractivity contribution in [1.82, 2.24) is 0 Å². The molecule has 74 valence electrons. The second-order valence-electron chi connectivity index (χ2n) is 2.85. The van der Waals surface area contributed by atoms with Crippen molar-refractivity contribution in [2.75, 3.05) is 6.26 Å². The van der Waals surface area contributed by atoms with Crippen molar-refractivity contribution in [3.8, 4) is 0 Å². The van der Waals surface area contributed by atoms with Crippen LogP contribution in [0.2, 0.25) is 0 Å². The van der Waals surface area contributed by atoms with Crippen molar-refractivity contribution in [3.63, 3.8) is 0 Å². The van der Waals surface area contributed by atoms with Crippen LogP contribution in [0.1, 0.15) is 11.1 Å². The molecule has 14 heavy (non-hydrogen) atoms. The molecule has 0 aliphatic heterocycles. The molecule has 1 rings (SSSR count). The fourth-order valence-electron chi connectivity index (χ4n) is 1.06. The van der Waals surface area contributed by atoms with Gasteiger partial charge in [-0.25, -0.2) is 4.79 Å². The van der Waals surface area contributed by atoms with Gasteiger partial charge in [0.05, 0.1) is 0 Å². The lowest BCUT2D eigenvalue weighted by Gasteiger charge is -1.98. The van der Waals surface area contributed by atoms with Gasteiger partial charge in [0.1, 0.15) is 0 Å². The lowest BCUT2D eigenvalue weighted by Crippen LogP contribution is -1.86. The summed E-state index contributed by atoms with van der Waals surface area (Å²) in [5, 5.41) is 8.42. The number of carbonyl (C=O) groups is 1. The number of aliphatic carboxylic acids is 1. The van der Waals surface area contributed by atoms with Crippen molar-refractivity contribution in [2.45, 2.75) is 5.75 Å². The van der Waals surface area contributed by atoms with Crippen LogP contribution in [0.5, 0.6) is 0 Å². The van der Waals surface area contributed by atoms with E-state index < -0.39 is 5.97 Å². The Morgan fingerprint density at radius 3 is 2.57 bits per heavy atom. The molecule has 0 heterocycles. The van der Waals surface area contributed by atoms with Gasteiger partial charge in [0.15, 0.2) is 0 Å². The number of carboxylic acids is 1. The van der Waals surface area contributed by atoms with Crippen LogP contribution < -0.4 is 0 Å². The van der Waals surface area contributed by atoms with Gasteiger partial charge in [-0.15, -0.1) is 0 Å². The number of hydrogen-bond donors (Lipinski definition) is 1. The molecule has 0 unspecified atom stereocenters. The Labute approximate surface area is 87.6 Å². The van der Waals surface area contributed by atoms with Crippen LogP contribution in [0.3, 0.4) is 0 Å². The quantitative estimate of drug-likeness (QED) is 0.773. The Hall–Kier alpha value is -1.22. The van der Waals surface area contributed by atoms with Crippen molar-refractivity contribution in [1.29, 1.82) is 0 Å². The molecule has 0 atom stereocenters. The summed E-state index contributed by atoms with van der Waals surface area (Å²) < 4.78 is 0. The van der Waals surface area contributed by atoms with Crippen LogP contribution in [-0.2, 0) is 10.5 Å². The molecule has 0 saturated carbocycles. The molecular formula is C11H12O2S. The van der Waals surface area contributed by atoms with Crippen LogP contribution in [0.25, 0.3) is 6.08 Å². The molecular weight excluding hydrogens is 196 g/mol. The predicted octanol–water partition coefficient (Wildman–Crippen LogP) is 2.65. The Kier molecular flexibility index (Phi) is 4.26. The molecule has 2 nitrogen and oxygen atoms in total. The van der Waals surface area contributed by atoms with Gasteiger partial charge in [-0.2, -0.15) is 11.8 Å². The Balaban J connectivity index is 2.68. The first-order valence-corrected chi connectivity index (χ1v) is 5.60. The third-order valence-corrected chi connectivity index (χ3v) is 2.33. The van der Waals surface area contributed by atoms with Gasteiger partial charge >= 0.3 is 5.97 Å². The number of benzene rings is 1. The van der Waals surface area contributed by atoms with E-state index in [1.54, 1.807) is 17.8 Å². The average Bonchev–Trinajstić information content (AvgIpc) is 2.17. The lowest BCUT2D eigenvalue weighted by molar-refractivity contribution is -0.131. The van der Waals surface area contributed by atoms with E-state index in [0.29, 0.717) is 0 Å². The molecule has 1 N–H and O–H groups in total. The Morgan fingerprint density at radius 2 is 2.07 bits per heavy atom. The molecule has 0 amide bonds. The summed E-state index contributed by atoms with van der Waals surface area (Å²) in [6, 6.07) is 7.87. The fraction of sp³-hybridized carbons (Fsp3) is 0.182. The van der Waals surface area contributed by atoms with Gasteiger partial charge in [0.25, 0.3) is 0 Å². The standard InChI is InChI=1S/C11H12O2S/c1-14-8-10-4-2-9(3-5-10)6-7-11(12)13/h2-7H,8H2,1H3,(H,12,13). The number of hydrogen-bond acceptors (Lipinski definition) is 2. The van der Waals surface area contributed by atoms with E-state index in [0.717, 1.165) is 17.4 Å². The molecule has 0 aliphatic rings. The van der Waals surface area contributed by atoms with Gasteiger partial charge in [-0.1, -0.05) is 24.3 Å². The molecule has 3 heteroatoms. The summed E-state index contributed by atoms with van der Waals surface area (Å²) in [4.78, 5) is 10.3. The third kappa shape index (κ3) is 3.66. The van der Waals surface area contributed by atoms with Crippen LogP contribution in [0, 0.1) is 0 Å². The number of rotatable bonds is 4. The van der Waals surface area contributed by atoms with Crippen LogP contribution in [-0.4, -0.2) is 17.3 Å². The monoisotopic (exact) mass is 208 g/mol.